The molecule has 1 aliphatic rings. The Labute approximate surface area is 104 Å². The number of rotatable bonds is 5. The van der Waals surface area contributed by atoms with Crippen LogP contribution in [0.15, 0.2) is 24.3 Å². The molecule has 2 heteroatoms. The minimum Gasteiger partial charge on any atom is -0.384 e. The van der Waals surface area contributed by atoms with E-state index in [1.165, 1.54) is 36.8 Å². The van der Waals surface area contributed by atoms with E-state index in [-0.39, 0.29) is 5.41 Å². The Morgan fingerprint density at radius 1 is 1.29 bits per heavy atom. The quantitative estimate of drug-likeness (QED) is 0.848. The van der Waals surface area contributed by atoms with Crippen LogP contribution in [0.2, 0.25) is 0 Å². The van der Waals surface area contributed by atoms with Crippen LogP contribution >= 0.6 is 0 Å². The van der Waals surface area contributed by atoms with E-state index in [2.05, 4.69) is 24.3 Å². The number of nitrogens with two attached hydrogens (primary N) is 1. The molecule has 94 valence electrons. The molecule has 0 amide bonds. The highest BCUT2D eigenvalue weighted by Crippen LogP contribution is 2.40. The van der Waals surface area contributed by atoms with Gasteiger partial charge in [-0.2, -0.15) is 0 Å². The summed E-state index contributed by atoms with van der Waals surface area (Å²) in [5.74, 6) is 0. The Morgan fingerprint density at radius 2 is 2.06 bits per heavy atom. The molecular weight excluding hydrogens is 210 g/mol. The van der Waals surface area contributed by atoms with Gasteiger partial charge in [-0.15, -0.1) is 0 Å². The Balaban J connectivity index is 2.19. The first kappa shape index (κ1) is 12.6. The molecule has 2 rings (SSSR count). The lowest BCUT2D eigenvalue weighted by molar-refractivity contribution is 0.202. The van der Waals surface area contributed by atoms with Gasteiger partial charge in [0, 0.05) is 19.1 Å². The van der Waals surface area contributed by atoms with Crippen LogP contribution in [0.3, 0.4) is 0 Å². The maximum atomic E-state index is 6.03. The number of hydrogen-bond acceptors (Lipinski definition) is 2. The van der Waals surface area contributed by atoms with Crippen molar-refractivity contribution in [1.29, 1.82) is 0 Å². The first-order valence-electron chi connectivity index (χ1n) is 6.59. The predicted octanol–water partition coefficient (Wildman–Crippen LogP) is 2.65. The summed E-state index contributed by atoms with van der Waals surface area (Å²) in [6.45, 7) is 1.57. The predicted molar refractivity (Wildman–Crippen MR) is 71.2 cm³/mol. The van der Waals surface area contributed by atoms with Gasteiger partial charge in [0.15, 0.2) is 0 Å². The monoisotopic (exact) mass is 233 g/mol. The summed E-state index contributed by atoms with van der Waals surface area (Å²) in [7, 11) is 1.75. The molecule has 0 saturated heterocycles. The minimum atomic E-state index is 0.253. The summed E-state index contributed by atoms with van der Waals surface area (Å²) in [4.78, 5) is 0. The molecule has 1 aromatic carbocycles. The van der Waals surface area contributed by atoms with Gasteiger partial charge in [-0.3, -0.25) is 0 Å². The van der Waals surface area contributed by atoms with Gasteiger partial charge in [0.25, 0.3) is 0 Å². The van der Waals surface area contributed by atoms with Crippen molar-refractivity contribution in [1.82, 2.24) is 0 Å². The van der Waals surface area contributed by atoms with Crippen molar-refractivity contribution >= 4 is 0 Å². The van der Waals surface area contributed by atoms with E-state index >= 15 is 0 Å². The number of ether oxygens (including phenoxy) is 1. The van der Waals surface area contributed by atoms with Crippen molar-refractivity contribution < 1.29 is 4.74 Å². The number of hydrogen-bond donors (Lipinski definition) is 1. The van der Waals surface area contributed by atoms with Crippen LogP contribution in [0, 0.1) is 0 Å². The molecular formula is C15H23NO. The molecule has 0 radical (unpaired) electrons. The molecule has 1 aliphatic carbocycles. The smallest absolute Gasteiger partial charge is 0.0502 e. The minimum absolute atomic E-state index is 0.253. The highest BCUT2D eigenvalue weighted by molar-refractivity contribution is 5.31. The standard InChI is InChI=1S/C15H23NO/c1-17-10-7-13-5-4-6-14(11-13)15(12-16)8-2-3-9-15/h4-6,11H,2-3,7-10,12,16H2,1H3. The lowest BCUT2D eigenvalue weighted by Crippen LogP contribution is -2.32. The van der Waals surface area contributed by atoms with E-state index in [9.17, 15) is 0 Å². The number of benzene rings is 1. The summed E-state index contributed by atoms with van der Waals surface area (Å²) >= 11 is 0. The van der Waals surface area contributed by atoms with Gasteiger partial charge >= 0.3 is 0 Å². The zero-order valence-corrected chi connectivity index (χ0v) is 10.7. The molecule has 0 spiro atoms. The molecule has 1 aromatic rings. The van der Waals surface area contributed by atoms with Gasteiger partial charge in [0.2, 0.25) is 0 Å². The van der Waals surface area contributed by atoms with Crippen LogP contribution < -0.4 is 5.73 Å². The summed E-state index contributed by atoms with van der Waals surface area (Å²) in [6.07, 6.45) is 6.12. The average molecular weight is 233 g/mol. The highest BCUT2D eigenvalue weighted by Gasteiger charge is 2.34. The van der Waals surface area contributed by atoms with E-state index in [0.29, 0.717) is 0 Å². The van der Waals surface area contributed by atoms with Crippen LogP contribution in [0.1, 0.15) is 36.8 Å². The largest absolute Gasteiger partial charge is 0.384 e. The van der Waals surface area contributed by atoms with Crippen LogP contribution in [0.25, 0.3) is 0 Å². The lowest BCUT2D eigenvalue weighted by Gasteiger charge is -2.28. The topological polar surface area (TPSA) is 35.2 Å². The molecule has 0 aromatic heterocycles. The van der Waals surface area contributed by atoms with Gasteiger partial charge in [-0.1, -0.05) is 37.1 Å². The van der Waals surface area contributed by atoms with Gasteiger partial charge in [-0.05, 0) is 30.4 Å². The highest BCUT2D eigenvalue weighted by atomic mass is 16.5. The third kappa shape index (κ3) is 2.70. The third-order valence-corrected chi connectivity index (χ3v) is 4.09. The lowest BCUT2D eigenvalue weighted by atomic mass is 9.78. The van der Waals surface area contributed by atoms with Crippen molar-refractivity contribution in [3.8, 4) is 0 Å². The summed E-state index contributed by atoms with van der Waals surface area (Å²) in [5.41, 5.74) is 9.08. The molecule has 17 heavy (non-hydrogen) atoms. The molecule has 1 fully saturated rings. The van der Waals surface area contributed by atoms with Crippen molar-refractivity contribution in [2.24, 2.45) is 5.73 Å². The van der Waals surface area contributed by atoms with Gasteiger partial charge < -0.3 is 10.5 Å². The summed E-state index contributed by atoms with van der Waals surface area (Å²) in [6, 6.07) is 8.92. The van der Waals surface area contributed by atoms with Crippen LogP contribution in [-0.2, 0) is 16.6 Å². The molecule has 0 bridgehead atoms. The van der Waals surface area contributed by atoms with Crippen LogP contribution in [-0.4, -0.2) is 20.3 Å². The second kappa shape index (κ2) is 5.65. The molecule has 0 aliphatic heterocycles. The van der Waals surface area contributed by atoms with E-state index in [0.717, 1.165) is 19.6 Å². The maximum Gasteiger partial charge on any atom is 0.0502 e. The summed E-state index contributed by atoms with van der Waals surface area (Å²) < 4.78 is 5.14. The van der Waals surface area contributed by atoms with Gasteiger partial charge in [0.05, 0.1) is 6.61 Å². The Morgan fingerprint density at radius 3 is 2.71 bits per heavy atom. The van der Waals surface area contributed by atoms with Crippen molar-refractivity contribution in [2.75, 3.05) is 20.3 Å². The van der Waals surface area contributed by atoms with Crippen LogP contribution in [0.5, 0.6) is 0 Å². The normalized spacial score (nSPS) is 18.5. The second-order valence-corrected chi connectivity index (χ2v) is 5.13. The molecule has 0 atom stereocenters. The molecule has 0 heterocycles. The fraction of sp³-hybridized carbons (Fsp3) is 0.600. The third-order valence-electron chi connectivity index (χ3n) is 4.09. The Kier molecular flexibility index (Phi) is 4.19. The Bertz CT molecular complexity index is 356. The van der Waals surface area contributed by atoms with E-state index in [1.807, 2.05) is 0 Å². The van der Waals surface area contributed by atoms with E-state index < -0.39 is 0 Å². The van der Waals surface area contributed by atoms with Crippen molar-refractivity contribution in [3.63, 3.8) is 0 Å². The average Bonchev–Trinajstić information content (AvgIpc) is 2.87. The fourth-order valence-corrected chi connectivity index (χ4v) is 2.94. The maximum absolute atomic E-state index is 6.03. The van der Waals surface area contributed by atoms with E-state index in [4.69, 9.17) is 10.5 Å². The molecule has 2 N–H and O–H groups in total. The van der Waals surface area contributed by atoms with Crippen molar-refractivity contribution in [2.45, 2.75) is 37.5 Å². The van der Waals surface area contributed by atoms with Gasteiger partial charge in [0.1, 0.15) is 0 Å². The summed E-state index contributed by atoms with van der Waals surface area (Å²) in [5, 5.41) is 0. The van der Waals surface area contributed by atoms with Gasteiger partial charge in [-0.25, -0.2) is 0 Å². The van der Waals surface area contributed by atoms with E-state index in [1.54, 1.807) is 7.11 Å². The Hall–Kier alpha value is -0.860. The number of methoxy groups -OCH3 is 1. The zero-order valence-electron chi connectivity index (χ0n) is 10.7. The first-order chi connectivity index (χ1) is 8.30. The zero-order chi connectivity index (χ0) is 12.1. The molecule has 1 saturated carbocycles. The fourth-order valence-electron chi connectivity index (χ4n) is 2.94. The van der Waals surface area contributed by atoms with Crippen molar-refractivity contribution in [3.05, 3.63) is 35.4 Å². The SMILES string of the molecule is COCCc1cccc(C2(CN)CCCC2)c1. The molecule has 2 nitrogen and oxygen atoms in total. The first-order valence-corrected chi connectivity index (χ1v) is 6.59. The molecule has 0 unspecified atom stereocenters. The van der Waals surface area contributed by atoms with Crippen LogP contribution in [0.4, 0.5) is 0 Å². The second-order valence-electron chi connectivity index (χ2n) is 5.13.